The van der Waals surface area contributed by atoms with E-state index in [-0.39, 0.29) is 0 Å². The minimum atomic E-state index is -0.484. The molecule has 4 nitrogen and oxygen atoms in total. The van der Waals surface area contributed by atoms with Crippen LogP contribution in [-0.4, -0.2) is 49.7 Å². The molecule has 130 valence electrons. The number of nitrogens with zero attached hydrogens (tertiary/aromatic N) is 3. The highest BCUT2D eigenvalue weighted by atomic mass is 19.1. The molecule has 0 radical (unpaired) electrons. The molecule has 5 heteroatoms. The van der Waals surface area contributed by atoms with Crippen molar-refractivity contribution in [3.05, 3.63) is 30.0 Å². The number of aromatic nitrogens is 1. The van der Waals surface area contributed by atoms with E-state index in [2.05, 4.69) is 26.9 Å². The van der Waals surface area contributed by atoms with Crippen LogP contribution in [0.15, 0.2) is 24.4 Å². The first-order valence-electron chi connectivity index (χ1n) is 9.01. The molecular formula is C19H26FN3O. The second-order valence-electron chi connectivity index (χ2n) is 7.33. The summed E-state index contributed by atoms with van der Waals surface area (Å²) in [6.45, 7) is 4.75. The fourth-order valence-corrected chi connectivity index (χ4v) is 4.55. The lowest BCUT2D eigenvalue weighted by Crippen LogP contribution is -2.48. The highest BCUT2D eigenvalue weighted by molar-refractivity contribution is 5.56. The van der Waals surface area contributed by atoms with E-state index in [1.54, 1.807) is 13.3 Å². The Balaban J connectivity index is 1.37. The Bertz CT molecular complexity index is 613. The number of anilines is 1. The van der Waals surface area contributed by atoms with Crippen LogP contribution in [0.2, 0.25) is 0 Å². The van der Waals surface area contributed by atoms with Gasteiger partial charge >= 0.3 is 0 Å². The van der Waals surface area contributed by atoms with E-state index < -0.39 is 6.67 Å². The maximum atomic E-state index is 13.0. The number of hydrogen-bond acceptors (Lipinski definition) is 4. The maximum absolute atomic E-state index is 13.0. The number of hydrogen-bond donors (Lipinski definition) is 0. The van der Waals surface area contributed by atoms with Crippen LogP contribution in [0.4, 0.5) is 10.1 Å². The highest BCUT2D eigenvalue weighted by Gasteiger charge is 2.36. The predicted molar refractivity (Wildman–Crippen MR) is 93.1 cm³/mol. The fraction of sp³-hybridized carbons (Fsp3) is 0.632. The lowest BCUT2D eigenvalue weighted by molar-refractivity contribution is 0.204. The molecule has 1 saturated carbocycles. The summed E-state index contributed by atoms with van der Waals surface area (Å²) < 4.78 is 18.3. The van der Waals surface area contributed by atoms with E-state index in [9.17, 15) is 4.39 Å². The minimum Gasteiger partial charge on any atom is -0.480 e. The summed E-state index contributed by atoms with van der Waals surface area (Å²) in [5.74, 6) is 3.11. The molecule has 4 rings (SSSR count). The van der Waals surface area contributed by atoms with Crippen molar-refractivity contribution in [2.24, 2.45) is 17.8 Å². The molecule has 0 amide bonds. The third-order valence-electron chi connectivity index (χ3n) is 5.86. The minimum absolute atomic E-state index is 0.484. The molecule has 1 aliphatic heterocycles. The topological polar surface area (TPSA) is 28.6 Å². The summed E-state index contributed by atoms with van der Waals surface area (Å²) in [7, 11) is 1.62. The van der Waals surface area contributed by atoms with Crippen LogP contribution < -0.4 is 9.64 Å². The van der Waals surface area contributed by atoms with Crippen molar-refractivity contribution in [1.82, 2.24) is 9.88 Å². The molecule has 1 saturated heterocycles. The normalized spacial score (nSPS) is 29.4. The summed E-state index contributed by atoms with van der Waals surface area (Å²) in [6, 6.07) is 1.88. The van der Waals surface area contributed by atoms with Crippen molar-refractivity contribution in [3.8, 4) is 5.88 Å². The van der Waals surface area contributed by atoms with Crippen LogP contribution in [0.1, 0.15) is 18.4 Å². The Kier molecular flexibility index (Phi) is 4.44. The first-order valence-corrected chi connectivity index (χ1v) is 9.01. The number of piperazine rings is 1. The first-order chi connectivity index (χ1) is 11.8. The molecule has 0 N–H and O–H groups in total. The van der Waals surface area contributed by atoms with Crippen molar-refractivity contribution in [2.45, 2.75) is 19.5 Å². The summed E-state index contributed by atoms with van der Waals surface area (Å²) in [4.78, 5) is 9.12. The van der Waals surface area contributed by atoms with Gasteiger partial charge in [-0.05, 0) is 36.7 Å². The monoisotopic (exact) mass is 331 g/mol. The second-order valence-corrected chi connectivity index (χ2v) is 7.33. The Labute approximate surface area is 143 Å². The van der Waals surface area contributed by atoms with Gasteiger partial charge in [0.25, 0.3) is 0 Å². The zero-order valence-electron chi connectivity index (χ0n) is 14.3. The summed E-state index contributed by atoms with van der Waals surface area (Å²) in [5, 5.41) is 0. The molecule has 1 aromatic heterocycles. The predicted octanol–water partition coefficient (Wildman–Crippen LogP) is 2.89. The van der Waals surface area contributed by atoms with Gasteiger partial charge in [-0.2, -0.15) is 0 Å². The van der Waals surface area contributed by atoms with Crippen molar-refractivity contribution in [3.63, 3.8) is 0 Å². The van der Waals surface area contributed by atoms with Gasteiger partial charge in [0.2, 0.25) is 5.88 Å². The molecule has 24 heavy (non-hydrogen) atoms. The standard InChI is InChI=1S/C19H26FN3O/c1-24-19-18(10-15(11-20)12-21-19)23-6-4-22(5-7-23)13-17-9-14-2-3-16(17)8-14/h2-3,10,12,14,16-17H,4-9,11,13H2,1H3. The summed E-state index contributed by atoms with van der Waals surface area (Å²) in [6.07, 6.45) is 9.16. The van der Waals surface area contributed by atoms with Crippen molar-refractivity contribution in [1.29, 1.82) is 0 Å². The number of pyridine rings is 1. The number of alkyl halides is 1. The van der Waals surface area contributed by atoms with Crippen LogP contribution in [0.25, 0.3) is 0 Å². The molecule has 3 atom stereocenters. The van der Waals surface area contributed by atoms with E-state index in [0.717, 1.165) is 49.6 Å². The van der Waals surface area contributed by atoms with Gasteiger partial charge in [0.05, 0.1) is 7.11 Å². The van der Waals surface area contributed by atoms with Crippen molar-refractivity contribution in [2.75, 3.05) is 44.7 Å². The second kappa shape index (κ2) is 6.71. The van der Waals surface area contributed by atoms with E-state index in [1.165, 1.54) is 19.4 Å². The summed E-state index contributed by atoms with van der Waals surface area (Å²) >= 11 is 0. The zero-order valence-corrected chi connectivity index (χ0v) is 14.3. The fourth-order valence-electron chi connectivity index (χ4n) is 4.55. The largest absolute Gasteiger partial charge is 0.480 e. The van der Waals surface area contributed by atoms with Gasteiger partial charge in [0.15, 0.2) is 0 Å². The van der Waals surface area contributed by atoms with E-state index in [0.29, 0.717) is 11.4 Å². The van der Waals surface area contributed by atoms with Crippen LogP contribution >= 0.6 is 0 Å². The van der Waals surface area contributed by atoms with Crippen LogP contribution in [0.3, 0.4) is 0 Å². The third kappa shape index (κ3) is 3.02. The number of methoxy groups -OCH3 is 1. The molecule has 1 aromatic rings. The van der Waals surface area contributed by atoms with Gasteiger partial charge in [-0.15, -0.1) is 0 Å². The average molecular weight is 331 g/mol. The Morgan fingerprint density at radius 3 is 2.67 bits per heavy atom. The molecule has 2 aliphatic carbocycles. The van der Waals surface area contributed by atoms with Gasteiger partial charge in [-0.1, -0.05) is 12.2 Å². The lowest BCUT2D eigenvalue weighted by Gasteiger charge is -2.38. The number of fused-ring (bicyclic) bond motifs is 2. The smallest absolute Gasteiger partial charge is 0.237 e. The quantitative estimate of drug-likeness (QED) is 0.776. The SMILES string of the molecule is COc1ncc(CF)cc1N1CCN(CC2CC3C=CC2C3)CC1. The number of halogens is 1. The number of ether oxygens (including phenoxy) is 1. The lowest BCUT2D eigenvalue weighted by atomic mass is 9.93. The summed E-state index contributed by atoms with van der Waals surface area (Å²) in [5.41, 5.74) is 1.54. The molecule has 3 aliphatic rings. The van der Waals surface area contributed by atoms with Crippen molar-refractivity contribution < 1.29 is 9.13 Å². The van der Waals surface area contributed by atoms with E-state index in [1.807, 2.05) is 6.07 Å². The van der Waals surface area contributed by atoms with Crippen LogP contribution in [-0.2, 0) is 6.67 Å². The van der Waals surface area contributed by atoms with Gasteiger partial charge in [-0.25, -0.2) is 9.37 Å². The van der Waals surface area contributed by atoms with Gasteiger partial charge in [0.1, 0.15) is 12.4 Å². The highest BCUT2D eigenvalue weighted by Crippen LogP contribution is 2.43. The van der Waals surface area contributed by atoms with Gasteiger partial charge in [0, 0.05) is 44.5 Å². The average Bonchev–Trinajstić information content (AvgIpc) is 3.25. The zero-order chi connectivity index (χ0) is 16.5. The van der Waals surface area contributed by atoms with Crippen molar-refractivity contribution >= 4 is 5.69 Å². The van der Waals surface area contributed by atoms with Crippen LogP contribution in [0.5, 0.6) is 5.88 Å². The number of rotatable bonds is 5. The Hall–Kier alpha value is -1.62. The third-order valence-corrected chi connectivity index (χ3v) is 5.86. The maximum Gasteiger partial charge on any atom is 0.237 e. The molecule has 2 fully saturated rings. The Morgan fingerprint density at radius 1 is 1.21 bits per heavy atom. The first kappa shape index (κ1) is 15.9. The molecule has 2 heterocycles. The Morgan fingerprint density at radius 2 is 2.04 bits per heavy atom. The van der Waals surface area contributed by atoms with Gasteiger partial charge in [-0.3, -0.25) is 4.90 Å². The molecule has 3 unspecified atom stereocenters. The van der Waals surface area contributed by atoms with E-state index >= 15 is 0 Å². The van der Waals surface area contributed by atoms with Gasteiger partial charge < -0.3 is 9.64 Å². The molecular weight excluding hydrogens is 305 g/mol. The number of allylic oxidation sites excluding steroid dienone is 2. The van der Waals surface area contributed by atoms with Crippen LogP contribution in [0, 0.1) is 17.8 Å². The molecule has 0 spiro atoms. The molecule has 2 bridgehead atoms. The molecule has 0 aromatic carbocycles. The van der Waals surface area contributed by atoms with E-state index in [4.69, 9.17) is 4.74 Å².